The fraction of sp³-hybridized carbons (Fsp3) is 0.133. The lowest BCUT2D eigenvalue weighted by molar-refractivity contribution is -0.124. The lowest BCUT2D eigenvalue weighted by atomic mass is 10.2. The minimum atomic E-state index is 0.0627. The molecule has 2 nitrogen and oxygen atoms in total. The van der Waals surface area contributed by atoms with Crippen molar-refractivity contribution in [2.24, 2.45) is 0 Å². The third-order valence-electron chi connectivity index (χ3n) is 2.48. The maximum atomic E-state index is 11.7. The normalized spacial score (nSPS) is 10.1. The zero-order valence-electron chi connectivity index (χ0n) is 10.2. The van der Waals surface area contributed by atoms with Gasteiger partial charge < -0.3 is 0 Å². The Morgan fingerprint density at radius 2 is 1.56 bits per heavy atom. The first-order chi connectivity index (χ1) is 8.75. The molecule has 3 heteroatoms. The third-order valence-corrected chi connectivity index (χ3v) is 3.57. The molecule has 0 aliphatic carbocycles. The van der Waals surface area contributed by atoms with Crippen LogP contribution in [0.2, 0.25) is 0 Å². The molecule has 0 saturated carbocycles. The fourth-order valence-corrected chi connectivity index (χ4v) is 2.44. The molecule has 0 atom stereocenters. The van der Waals surface area contributed by atoms with Crippen molar-refractivity contribution in [2.75, 3.05) is 0 Å². The van der Waals surface area contributed by atoms with E-state index < -0.39 is 0 Å². The molecule has 0 spiro atoms. The molecule has 0 fully saturated rings. The van der Waals surface area contributed by atoms with Gasteiger partial charge in [-0.2, -0.15) is 0 Å². The Hall–Kier alpha value is -1.74. The number of benzene rings is 2. The minimum absolute atomic E-state index is 0.0627. The number of carbonyl (C=O) groups excluding carboxylic acids is 1. The van der Waals surface area contributed by atoms with Crippen molar-refractivity contribution in [1.29, 1.82) is 0 Å². The van der Waals surface area contributed by atoms with E-state index in [1.165, 1.54) is 11.9 Å². The maximum absolute atomic E-state index is 11.7. The van der Waals surface area contributed by atoms with Crippen LogP contribution in [0, 0.1) is 0 Å². The molecule has 18 heavy (non-hydrogen) atoms. The van der Waals surface area contributed by atoms with Crippen molar-refractivity contribution < 1.29 is 4.79 Å². The summed E-state index contributed by atoms with van der Waals surface area (Å²) in [7, 11) is 0. The Morgan fingerprint density at radius 3 is 2.11 bits per heavy atom. The van der Waals surface area contributed by atoms with E-state index in [4.69, 9.17) is 0 Å². The lowest BCUT2D eigenvalue weighted by Crippen LogP contribution is -2.20. The van der Waals surface area contributed by atoms with E-state index in [1.54, 1.807) is 11.2 Å². The van der Waals surface area contributed by atoms with Crippen molar-refractivity contribution in [2.45, 2.75) is 18.4 Å². The van der Waals surface area contributed by atoms with Crippen molar-refractivity contribution >= 4 is 17.9 Å². The SMILES string of the molecule is CC(=O)N(Cc1ccccc1)Sc1ccccc1. The molecular weight excluding hydrogens is 242 g/mol. The summed E-state index contributed by atoms with van der Waals surface area (Å²) < 4.78 is 1.77. The van der Waals surface area contributed by atoms with E-state index in [9.17, 15) is 4.79 Å². The highest BCUT2D eigenvalue weighted by molar-refractivity contribution is 7.97. The summed E-state index contributed by atoms with van der Waals surface area (Å²) >= 11 is 1.48. The van der Waals surface area contributed by atoms with Gasteiger partial charge in [0.25, 0.3) is 0 Å². The Labute approximate surface area is 112 Å². The van der Waals surface area contributed by atoms with Gasteiger partial charge in [-0.15, -0.1) is 0 Å². The number of rotatable bonds is 4. The predicted octanol–water partition coefficient (Wildman–Crippen LogP) is 3.74. The van der Waals surface area contributed by atoms with Gasteiger partial charge in [0.1, 0.15) is 0 Å². The standard InChI is InChI=1S/C15H15NOS/c1-13(17)16(12-14-8-4-2-5-9-14)18-15-10-6-3-7-11-15/h2-11H,12H2,1H3. The molecule has 2 rings (SSSR count). The number of nitrogens with zero attached hydrogens (tertiary/aromatic N) is 1. The van der Waals surface area contributed by atoms with Crippen LogP contribution in [-0.4, -0.2) is 10.2 Å². The number of hydrogen-bond donors (Lipinski definition) is 0. The van der Waals surface area contributed by atoms with Crippen molar-refractivity contribution in [1.82, 2.24) is 4.31 Å². The molecule has 0 aromatic heterocycles. The molecule has 0 radical (unpaired) electrons. The second kappa shape index (κ2) is 6.26. The summed E-state index contributed by atoms with van der Waals surface area (Å²) in [4.78, 5) is 12.7. The molecule has 0 aliphatic rings. The van der Waals surface area contributed by atoms with Gasteiger partial charge in [0, 0.05) is 11.8 Å². The topological polar surface area (TPSA) is 20.3 Å². The molecule has 2 aromatic carbocycles. The highest BCUT2D eigenvalue weighted by Crippen LogP contribution is 2.24. The molecule has 0 aliphatic heterocycles. The van der Waals surface area contributed by atoms with Crippen LogP contribution in [0.3, 0.4) is 0 Å². The average Bonchev–Trinajstić information content (AvgIpc) is 2.40. The first kappa shape index (κ1) is 12.7. The monoisotopic (exact) mass is 257 g/mol. The smallest absolute Gasteiger partial charge is 0.229 e. The van der Waals surface area contributed by atoms with Gasteiger partial charge in [0.05, 0.1) is 6.54 Å². The second-order valence-electron chi connectivity index (χ2n) is 3.95. The first-order valence-electron chi connectivity index (χ1n) is 5.81. The second-order valence-corrected chi connectivity index (χ2v) is 5.04. The van der Waals surface area contributed by atoms with Gasteiger partial charge in [0.2, 0.25) is 5.91 Å². The van der Waals surface area contributed by atoms with E-state index >= 15 is 0 Å². The summed E-state index contributed by atoms with van der Waals surface area (Å²) in [6.07, 6.45) is 0. The van der Waals surface area contributed by atoms with Crippen molar-refractivity contribution in [3.8, 4) is 0 Å². The van der Waals surface area contributed by atoms with E-state index in [2.05, 4.69) is 0 Å². The van der Waals surface area contributed by atoms with Crippen LogP contribution in [0.5, 0.6) is 0 Å². The van der Waals surface area contributed by atoms with E-state index in [0.29, 0.717) is 6.54 Å². The van der Waals surface area contributed by atoms with Gasteiger partial charge in [-0.3, -0.25) is 9.10 Å². The van der Waals surface area contributed by atoms with Crippen LogP contribution in [-0.2, 0) is 11.3 Å². The van der Waals surface area contributed by atoms with Crippen LogP contribution in [0.15, 0.2) is 65.6 Å². The van der Waals surface area contributed by atoms with Crippen LogP contribution >= 0.6 is 11.9 Å². The average molecular weight is 257 g/mol. The van der Waals surface area contributed by atoms with Crippen molar-refractivity contribution in [3.63, 3.8) is 0 Å². The summed E-state index contributed by atoms with van der Waals surface area (Å²) in [5.41, 5.74) is 1.14. The molecule has 0 bridgehead atoms. The van der Waals surface area contributed by atoms with E-state index in [0.717, 1.165) is 10.5 Å². The van der Waals surface area contributed by atoms with Gasteiger partial charge in [0.15, 0.2) is 0 Å². The molecule has 92 valence electrons. The summed E-state index contributed by atoms with van der Waals surface area (Å²) in [6, 6.07) is 19.9. The van der Waals surface area contributed by atoms with E-state index in [-0.39, 0.29) is 5.91 Å². The molecule has 0 unspecified atom stereocenters. The molecule has 1 amide bonds. The molecule has 2 aromatic rings. The Kier molecular flexibility index (Phi) is 4.42. The van der Waals surface area contributed by atoms with Gasteiger partial charge in [-0.05, 0) is 29.6 Å². The highest BCUT2D eigenvalue weighted by atomic mass is 32.2. The molecule has 0 saturated heterocycles. The number of hydrogen-bond acceptors (Lipinski definition) is 2. The number of carbonyl (C=O) groups is 1. The molecular formula is C15H15NOS. The Bertz CT molecular complexity index is 457. The zero-order valence-corrected chi connectivity index (χ0v) is 11.1. The molecule has 0 heterocycles. The summed E-state index contributed by atoms with van der Waals surface area (Å²) in [5.74, 6) is 0.0627. The van der Waals surface area contributed by atoms with Gasteiger partial charge >= 0.3 is 0 Å². The Balaban J connectivity index is 2.08. The zero-order chi connectivity index (χ0) is 12.8. The van der Waals surface area contributed by atoms with Gasteiger partial charge in [-0.25, -0.2) is 0 Å². The summed E-state index contributed by atoms with van der Waals surface area (Å²) in [5, 5.41) is 0. The maximum Gasteiger partial charge on any atom is 0.229 e. The fourth-order valence-electron chi connectivity index (χ4n) is 1.57. The van der Waals surface area contributed by atoms with Crippen molar-refractivity contribution in [3.05, 3.63) is 66.2 Å². The molecule has 0 N–H and O–H groups in total. The first-order valence-corrected chi connectivity index (χ1v) is 6.58. The largest absolute Gasteiger partial charge is 0.278 e. The summed E-state index contributed by atoms with van der Waals surface area (Å²) in [6.45, 7) is 2.22. The van der Waals surface area contributed by atoms with Crippen LogP contribution < -0.4 is 0 Å². The van der Waals surface area contributed by atoms with Crippen LogP contribution in [0.4, 0.5) is 0 Å². The number of amides is 1. The van der Waals surface area contributed by atoms with Crippen LogP contribution in [0.25, 0.3) is 0 Å². The third kappa shape index (κ3) is 3.64. The Morgan fingerprint density at radius 1 is 1.00 bits per heavy atom. The van der Waals surface area contributed by atoms with E-state index in [1.807, 2.05) is 60.7 Å². The van der Waals surface area contributed by atoms with Gasteiger partial charge in [-0.1, -0.05) is 48.5 Å². The van der Waals surface area contributed by atoms with Crippen LogP contribution in [0.1, 0.15) is 12.5 Å². The highest BCUT2D eigenvalue weighted by Gasteiger charge is 2.11. The minimum Gasteiger partial charge on any atom is -0.278 e. The quantitative estimate of drug-likeness (QED) is 0.778. The predicted molar refractivity (Wildman–Crippen MR) is 75.0 cm³/mol. The lowest BCUT2D eigenvalue weighted by Gasteiger charge is -2.19.